The summed E-state index contributed by atoms with van der Waals surface area (Å²) in [5.74, 6) is 0.953. The van der Waals surface area contributed by atoms with Gasteiger partial charge in [-0.1, -0.05) is 331 Å². The van der Waals surface area contributed by atoms with Crippen LogP contribution in [0.2, 0.25) is 0 Å². The standard InChI is InChI=1S/C76H148O17P2/c1-9-69(8)55-47-39-31-23-16-12-10-11-13-17-25-33-42-50-58-75(80)93-72(63-87-74(79)57-49-41-35-27-30-38-46-54-68(6)7)65-91-95(84,85)89-61-70(77)60-88-94(82,83)90-64-71(92-76(81)59-51-43-34-26-20-19-22-29-37-45-53-67(4)5)62-86-73(78)56-48-40-32-24-18-14-15-21-28-36-44-52-66(2)3/h66-72,77H,9-65H2,1-8H3,(H,82,83)(H,84,85)/t69?,70?,71-,72-/m1/s1. The molecule has 3 N–H and O–H groups in total. The quantitative estimate of drug-likeness (QED) is 0.0222. The SMILES string of the molecule is CCC(C)CCCCCCCCCCCCCCCCC(=O)O[C@H](COC(=O)CCCCCCCCCC(C)C)COP(=O)(O)OCC(O)COP(=O)(O)OC[C@@H](COC(=O)CCCCCCCCCCCCCC(C)C)OC(=O)CCCCCCCCCCCCC(C)C. The summed E-state index contributed by atoms with van der Waals surface area (Å²) < 4.78 is 68.5. The van der Waals surface area contributed by atoms with Crippen molar-refractivity contribution in [3.8, 4) is 0 Å². The molecular weight excluding hydrogens is 1250 g/mol. The first kappa shape index (κ1) is 93.1. The molecule has 0 aromatic carbocycles. The minimum absolute atomic E-state index is 0.105. The molecule has 0 amide bonds. The van der Waals surface area contributed by atoms with E-state index >= 15 is 0 Å². The molecule has 0 saturated carbocycles. The van der Waals surface area contributed by atoms with Gasteiger partial charge in [-0.3, -0.25) is 37.3 Å². The van der Waals surface area contributed by atoms with Gasteiger partial charge in [-0.2, -0.15) is 0 Å². The lowest BCUT2D eigenvalue weighted by molar-refractivity contribution is -0.161. The van der Waals surface area contributed by atoms with E-state index in [0.717, 1.165) is 114 Å². The largest absolute Gasteiger partial charge is 0.472 e. The Balaban J connectivity index is 5.24. The fourth-order valence-corrected chi connectivity index (χ4v) is 13.1. The first-order valence-corrected chi connectivity index (χ1v) is 42.2. The lowest BCUT2D eigenvalue weighted by atomic mass is 9.99. The van der Waals surface area contributed by atoms with Gasteiger partial charge in [0.2, 0.25) is 0 Å². The van der Waals surface area contributed by atoms with E-state index in [-0.39, 0.29) is 25.7 Å². The third-order valence-corrected chi connectivity index (χ3v) is 19.8. The summed E-state index contributed by atoms with van der Waals surface area (Å²) in [6.45, 7) is 14.2. The monoisotopic (exact) mass is 1400 g/mol. The Bertz CT molecular complexity index is 1870. The van der Waals surface area contributed by atoms with Gasteiger partial charge in [0.25, 0.3) is 0 Å². The number of aliphatic hydroxyl groups excluding tert-OH is 1. The lowest BCUT2D eigenvalue weighted by Gasteiger charge is -2.21. The first-order chi connectivity index (χ1) is 45.6. The Morgan fingerprint density at radius 3 is 0.747 bits per heavy atom. The van der Waals surface area contributed by atoms with Gasteiger partial charge in [0.15, 0.2) is 12.2 Å². The molecule has 0 radical (unpaired) electrons. The van der Waals surface area contributed by atoms with Crippen molar-refractivity contribution < 1.29 is 80.2 Å². The number of carbonyl (C=O) groups excluding carboxylic acids is 4. The van der Waals surface area contributed by atoms with Crippen molar-refractivity contribution in [2.24, 2.45) is 23.7 Å². The summed E-state index contributed by atoms with van der Waals surface area (Å²) in [5.41, 5.74) is 0. The zero-order valence-electron chi connectivity index (χ0n) is 62.3. The topological polar surface area (TPSA) is 237 Å². The highest BCUT2D eigenvalue weighted by Gasteiger charge is 2.30. The summed E-state index contributed by atoms with van der Waals surface area (Å²) >= 11 is 0. The number of unbranched alkanes of at least 4 members (excludes halogenated alkanes) is 38. The van der Waals surface area contributed by atoms with Crippen LogP contribution < -0.4 is 0 Å². The summed E-state index contributed by atoms with van der Waals surface area (Å²) in [6.07, 6.45) is 49.9. The van der Waals surface area contributed by atoms with Crippen LogP contribution in [0.1, 0.15) is 383 Å². The molecule has 0 spiro atoms. The van der Waals surface area contributed by atoms with Crippen LogP contribution in [0.5, 0.6) is 0 Å². The molecule has 6 atom stereocenters. The molecule has 0 aliphatic heterocycles. The van der Waals surface area contributed by atoms with Crippen molar-refractivity contribution in [1.82, 2.24) is 0 Å². The number of hydrogen-bond donors (Lipinski definition) is 3. The average molecular weight is 1400 g/mol. The number of hydrogen-bond acceptors (Lipinski definition) is 15. The van der Waals surface area contributed by atoms with Gasteiger partial charge < -0.3 is 33.8 Å². The number of phosphoric acid groups is 2. The van der Waals surface area contributed by atoms with Crippen molar-refractivity contribution in [3.63, 3.8) is 0 Å². The normalized spacial score (nSPS) is 14.4. The Morgan fingerprint density at radius 2 is 0.505 bits per heavy atom. The van der Waals surface area contributed by atoms with E-state index in [1.807, 2.05) is 0 Å². The minimum atomic E-state index is -4.96. The highest BCUT2D eigenvalue weighted by Crippen LogP contribution is 2.45. The van der Waals surface area contributed by atoms with Gasteiger partial charge in [0.1, 0.15) is 19.3 Å². The first-order valence-electron chi connectivity index (χ1n) is 39.2. The molecule has 95 heavy (non-hydrogen) atoms. The molecular formula is C76H148O17P2. The lowest BCUT2D eigenvalue weighted by Crippen LogP contribution is -2.30. The maximum Gasteiger partial charge on any atom is 0.472 e. The number of phosphoric ester groups is 2. The second-order valence-electron chi connectivity index (χ2n) is 29.1. The molecule has 564 valence electrons. The van der Waals surface area contributed by atoms with Crippen LogP contribution >= 0.6 is 15.6 Å². The molecule has 0 aliphatic carbocycles. The van der Waals surface area contributed by atoms with E-state index in [9.17, 15) is 43.2 Å². The predicted octanol–water partition coefficient (Wildman–Crippen LogP) is 22.0. The van der Waals surface area contributed by atoms with E-state index in [4.69, 9.17) is 37.0 Å². The van der Waals surface area contributed by atoms with E-state index < -0.39 is 97.5 Å². The van der Waals surface area contributed by atoms with Crippen LogP contribution in [0.15, 0.2) is 0 Å². The summed E-state index contributed by atoms with van der Waals surface area (Å²) in [6, 6.07) is 0. The highest BCUT2D eigenvalue weighted by molar-refractivity contribution is 7.47. The van der Waals surface area contributed by atoms with E-state index in [1.54, 1.807) is 0 Å². The summed E-state index contributed by atoms with van der Waals surface area (Å²) in [4.78, 5) is 72.8. The summed E-state index contributed by atoms with van der Waals surface area (Å²) in [5, 5.41) is 10.6. The number of ether oxygens (including phenoxy) is 4. The van der Waals surface area contributed by atoms with Crippen molar-refractivity contribution in [3.05, 3.63) is 0 Å². The molecule has 0 fully saturated rings. The Morgan fingerprint density at radius 1 is 0.295 bits per heavy atom. The molecule has 0 aromatic rings. The Hall–Kier alpha value is -1.94. The van der Waals surface area contributed by atoms with Crippen LogP contribution in [0.4, 0.5) is 0 Å². The van der Waals surface area contributed by atoms with Crippen LogP contribution in [-0.2, 0) is 65.4 Å². The van der Waals surface area contributed by atoms with E-state index in [1.165, 1.54) is 180 Å². The van der Waals surface area contributed by atoms with Crippen molar-refractivity contribution >= 4 is 39.5 Å². The Kier molecular flexibility index (Phi) is 64.0. The predicted molar refractivity (Wildman–Crippen MR) is 386 cm³/mol. The third kappa shape index (κ3) is 69.0. The van der Waals surface area contributed by atoms with Gasteiger partial charge in [-0.05, 0) is 49.4 Å². The van der Waals surface area contributed by atoms with E-state index in [2.05, 4.69) is 55.4 Å². The number of esters is 4. The molecule has 0 aliphatic rings. The van der Waals surface area contributed by atoms with Crippen LogP contribution in [0, 0.1) is 23.7 Å². The number of rotatable bonds is 73. The fraction of sp³-hybridized carbons (Fsp3) is 0.947. The molecule has 19 heteroatoms. The Labute approximate surface area is 581 Å². The van der Waals surface area contributed by atoms with E-state index in [0.29, 0.717) is 31.6 Å². The van der Waals surface area contributed by atoms with Crippen molar-refractivity contribution in [2.75, 3.05) is 39.6 Å². The molecule has 0 heterocycles. The van der Waals surface area contributed by atoms with Crippen molar-refractivity contribution in [2.45, 2.75) is 401 Å². The number of aliphatic hydroxyl groups is 1. The molecule has 17 nitrogen and oxygen atoms in total. The van der Waals surface area contributed by atoms with Crippen LogP contribution in [-0.4, -0.2) is 96.7 Å². The summed E-state index contributed by atoms with van der Waals surface area (Å²) in [7, 11) is -9.91. The van der Waals surface area contributed by atoms with Gasteiger partial charge in [0.05, 0.1) is 26.4 Å². The van der Waals surface area contributed by atoms with Gasteiger partial charge in [-0.15, -0.1) is 0 Å². The van der Waals surface area contributed by atoms with Gasteiger partial charge in [-0.25, -0.2) is 9.13 Å². The molecule has 0 aromatic heterocycles. The zero-order chi connectivity index (χ0) is 70.3. The smallest absolute Gasteiger partial charge is 0.462 e. The number of carbonyl (C=O) groups is 4. The molecule has 0 bridgehead atoms. The second-order valence-corrected chi connectivity index (χ2v) is 32.0. The van der Waals surface area contributed by atoms with Crippen molar-refractivity contribution in [1.29, 1.82) is 0 Å². The average Bonchev–Trinajstić information content (AvgIpc) is 1.67. The molecule has 4 unspecified atom stereocenters. The zero-order valence-corrected chi connectivity index (χ0v) is 64.1. The van der Waals surface area contributed by atoms with Crippen LogP contribution in [0.3, 0.4) is 0 Å². The second kappa shape index (κ2) is 65.4. The molecule has 0 saturated heterocycles. The maximum atomic E-state index is 13.1. The third-order valence-electron chi connectivity index (χ3n) is 17.9. The minimum Gasteiger partial charge on any atom is -0.462 e. The maximum absolute atomic E-state index is 13.1. The van der Waals surface area contributed by atoms with Crippen LogP contribution in [0.25, 0.3) is 0 Å². The fourth-order valence-electron chi connectivity index (χ4n) is 11.5. The van der Waals surface area contributed by atoms with Gasteiger partial charge in [0, 0.05) is 25.7 Å². The van der Waals surface area contributed by atoms with Gasteiger partial charge >= 0.3 is 39.5 Å². The molecule has 0 rings (SSSR count). The highest BCUT2D eigenvalue weighted by atomic mass is 31.2.